The van der Waals surface area contributed by atoms with E-state index >= 15 is 0 Å². The van der Waals surface area contributed by atoms with E-state index in [1.165, 1.54) is 6.92 Å². The van der Waals surface area contributed by atoms with Crippen molar-refractivity contribution >= 4 is 16.9 Å². The summed E-state index contributed by atoms with van der Waals surface area (Å²) in [5, 5.41) is 16.6. The summed E-state index contributed by atoms with van der Waals surface area (Å²) in [5.74, 6) is -1.12. The van der Waals surface area contributed by atoms with Crippen LogP contribution in [0.2, 0.25) is 0 Å². The van der Waals surface area contributed by atoms with Gasteiger partial charge in [-0.15, -0.1) is 5.10 Å². The molecule has 1 aromatic carbocycles. The summed E-state index contributed by atoms with van der Waals surface area (Å²) < 4.78 is 0.866. The molecule has 0 aliphatic heterocycles. The molecule has 2 aromatic rings. The number of hydrogen-bond donors (Lipinski definition) is 1. The number of fused-ring (bicyclic) bond motifs is 1. The van der Waals surface area contributed by atoms with Gasteiger partial charge >= 0.3 is 5.97 Å². The Bertz CT molecular complexity index is 606. The van der Waals surface area contributed by atoms with Crippen molar-refractivity contribution in [3.63, 3.8) is 0 Å². The lowest BCUT2D eigenvalue weighted by Gasteiger charge is -2.08. The number of carboxylic acid groups (broad SMARTS) is 1. The van der Waals surface area contributed by atoms with Crippen LogP contribution in [0.4, 0.5) is 0 Å². The van der Waals surface area contributed by atoms with E-state index in [2.05, 4.69) is 10.3 Å². The Hall–Kier alpha value is -2.24. The standard InChI is InChI=1S/C10H9N3O3/c1-6(10(15)16)13-9(14)7-4-2-3-5-8(7)11-12-13/h2-6H,1H3,(H,15,16)/t6-/m1/s1. The van der Waals surface area contributed by atoms with Crippen molar-refractivity contribution < 1.29 is 9.90 Å². The number of aliphatic carboxylic acids is 1. The fraction of sp³-hybridized carbons (Fsp3) is 0.200. The van der Waals surface area contributed by atoms with E-state index in [-0.39, 0.29) is 0 Å². The Morgan fingerprint density at radius 3 is 2.81 bits per heavy atom. The largest absolute Gasteiger partial charge is 0.480 e. The molecule has 0 aliphatic carbocycles. The van der Waals surface area contributed by atoms with Gasteiger partial charge in [-0.1, -0.05) is 17.3 Å². The summed E-state index contributed by atoms with van der Waals surface area (Å²) in [6, 6.07) is 5.66. The molecule has 16 heavy (non-hydrogen) atoms. The first kappa shape index (κ1) is 10.3. The van der Waals surface area contributed by atoms with Gasteiger partial charge in [0.2, 0.25) is 0 Å². The van der Waals surface area contributed by atoms with Gasteiger partial charge in [0.15, 0.2) is 6.04 Å². The van der Waals surface area contributed by atoms with Crippen LogP contribution in [0.5, 0.6) is 0 Å². The number of carboxylic acids is 1. The molecule has 1 N–H and O–H groups in total. The lowest BCUT2D eigenvalue weighted by molar-refractivity contribution is -0.140. The van der Waals surface area contributed by atoms with Crippen molar-refractivity contribution in [2.45, 2.75) is 13.0 Å². The van der Waals surface area contributed by atoms with Crippen LogP contribution < -0.4 is 5.56 Å². The van der Waals surface area contributed by atoms with Gasteiger partial charge in [-0.05, 0) is 19.1 Å². The number of hydrogen-bond acceptors (Lipinski definition) is 4. The third-order valence-corrected chi connectivity index (χ3v) is 2.32. The van der Waals surface area contributed by atoms with Gasteiger partial charge in [-0.2, -0.15) is 4.68 Å². The first-order chi connectivity index (χ1) is 7.61. The molecule has 1 heterocycles. The second-order valence-corrected chi connectivity index (χ2v) is 3.37. The first-order valence-corrected chi connectivity index (χ1v) is 4.68. The highest BCUT2D eigenvalue weighted by molar-refractivity contribution is 5.77. The van der Waals surface area contributed by atoms with Crippen molar-refractivity contribution in [3.8, 4) is 0 Å². The maximum atomic E-state index is 11.9. The SMILES string of the molecule is C[C@H](C(=O)O)n1nnc2ccccc2c1=O. The number of aromatic nitrogens is 3. The Morgan fingerprint density at radius 1 is 1.44 bits per heavy atom. The monoisotopic (exact) mass is 219 g/mol. The molecule has 1 aromatic heterocycles. The molecule has 2 rings (SSSR count). The van der Waals surface area contributed by atoms with Gasteiger partial charge in [0.25, 0.3) is 5.56 Å². The van der Waals surface area contributed by atoms with Crippen LogP contribution in [0, 0.1) is 0 Å². The average Bonchev–Trinajstić information content (AvgIpc) is 2.29. The molecule has 0 amide bonds. The van der Waals surface area contributed by atoms with E-state index in [0.717, 1.165) is 4.68 Å². The van der Waals surface area contributed by atoms with Crippen LogP contribution in [-0.2, 0) is 4.79 Å². The molecular formula is C10H9N3O3. The fourth-order valence-corrected chi connectivity index (χ4v) is 1.36. The topological polar surface area (TPSA) is 85.1 Å². The van der Waals surface area contributed by atoms with E-state index in [1.54, 1.807) is 24.3 Å². The highest BCUT2D eigenvalue weighted by atomic mass is 16.4. The second kappa shape index (κ2) is 3.73. The third-order valence-electron chi connectivity index (χ3n) is 2.32. The minimum Gasteiger partial charge on any atom is -0.480 e. The highest BCUT2D eigenvalue weighted by Crippen LogP contribution is 2.06. The number of rotatable bonds is 2. The molecule has 6 nitrogen and oxygen atoms in total. The fourth-order valence-electron chi connectivity index (χ4n) is 1.36. The van der Waals surface area contributed by atoms with Crippen LogP contribution in [0.1, 0.15) is 13.0 Å². The van der Waals surface area contributed by atoms with Crippen LogP contribution >= 0.6 is 0 Å². The molecule has 0 saturated carbocycles. The molecule has 82 valence electrons. The molecule has 0 bridgehead atoms. The Balaban J connectivity index is 2.70. The minimum absolute atomic E-state index is 0.366. The quantitative estimate of drug-likeness (QED) is 0.791. The van der Waals surface area contributed by atoms with Crippen LogP contribution in [0.25, 0.3) is 10.9 Å². The van der Waals surface area contributed by atoms with Crippen molar-refractivity contribution in [1.82, 2.24) is 15.0 Å². The predicted molar refractivity (Wildman–Crippen MR) is 56.1 cm³/mol. The van der Waals surface area contributed by atoms with E-state index in [0.29, 0.717) is 10.9 Å². The molecule has 0 fully saturated rings. The lowest BCUT2D eigenvalue weighted by Crippen LogP contribution is -2.31. The average molecular weight is 219 g/mol. The van der Waals surface area contributed by atoms with Gasteiger partial charge in [-0.25, -0.2) is 4.79 Å². The van der Waals surface area contributed by atoms with Crippen molar-refractivity contribution in [2.75, 3.05) is 0 Å². The summed E-state index contributed by atoms with van der Waals surface area (Å²) in [6.07, 6.45) is 0. The maximum absolute atomic E-state index is 11.9. The number of benzene rings is 1. The van der Waals surface area contributed by atoms with Gasteiger partial charge in [0, 0.05) is 0 Å². The molecule has 6 heteroatoms. The lowest BCUT2D eigenvalue weighted by atomic mass is 10.2. The summed E-state index contributed by atoms with van der Waals surface area (Å²) in [7, 11) is 0. The second-order valence-electron chi connectivity index (χ2n) is 3.37. The van der Waals surface area contributed by atoms with Crippen LogP contribution in [0.15, 0.2) is 29.1 Å². The molecule has 0 radical (unpaired) electrons. The predicted octanol–water partition coefficient (Wildman–Crippen LogP) is 0.437. The zero-order valence-electron chi connectivity index (χ0n) is 8.49. The Labute approximate surface area is 90.1 Å². The molecule has 1 atom stereocenters. The van der Waals surface area contributed by atoms with Gasteiger partial charge in [0.05, 0.1) is 5.39 Å². The van der Waals surface area contributed by atoms with Crippen molar-refractivity contribution in [1.29, 1.82) is 0 Å². The molecule has 0 saturated heterocycles. The molecule has 0 unspecified atom stereocenters. The van der Waals surface area contributed by atoms with E-state index in [1.807, 2.05) is 0 Å². The van der Waals surface area contributed by atoms with Crippen molar-refractivity contribution in [2.24, 2.45) is 0 Å². The van der Waals surface area contributed by atoms with Crippen molar-refractivity contribution in [3.05, 3.63) is 34.6 Å². The summed E-state index contributed by atoms with van der Waals surface area (Å²) in [6.45, 7) is 1.38. The molecular weight excluding hydrogens is 210 g/mol. The normalized spacial score (nSPS) is 12.6. The summed E-state index contributed by atoms with van der Waals surface area (Å²) >= 11 is 0. The van der Waals surface area contributed by atoms with Gasteiger partial charge < -0.3 is 5.11 Å². The zero-order valence-corrected chi connectivity index (χ0v) is 8.49. The minimum atomic E-state index is -1.12. The summed E-state index contributed by atoms with van der Waals surface area (Å²) in [4.78, 5) is 22.6. The third kappa shape index (κ3) is 1.54. The smallest absolute Gasteiger partial charge is 0.328 e. The Kier molecular flexibility index (Phi) is 2.40. The zero-order chi connectivity index (χ0) is 11.7. The van der Waals surface area contributed by atoms with E-state index < -0.39 is 17.6 Å². The number of carbonyl (C=O) groups is 1. The molecule has 0 spiro atoms. The van der Waals surface area contributed by atoms with Gasteiger partial charge in [-0.3, -0.25) is 4.79 Å². The molecule has 0 aliphatic rings. The van der Waals surface area contributed by atoms with Crippen LogP contribution in [-0.4, -0.2) is 26.1 Å². The number of nitrogens with zero attached hydrogens (tertiary/aromatic N) is 3. The maximum Gasteiger partial charge on any atom is 0.328 e. The van der Waals surface area contributed by atoms with E-state index in [9.17, 15) is 9.59 Å². The van der Waals surface area contributed by atoms with Gasteiger partial charge in [0.1, 0.15) is 5.52 Å². The van der Waals surface area contributed by atoms with Crippen LogP contribution in [0.3, 0.4) is 0 Å². The first-order valence-electron chi connectivity index (χ1n) is 4.68. The van der Waals surface area contributed by atoms with E-state index in [4.69, 9.17) is 5.11 Å². The Morgan fingerprint density at radius 2 is 2.12 bits per heavy atom. The highest BCUT2D eigenvalue weighted by Gasteiger charge is 2.17. The summed E-state index contributed by atoms with van der Waals surface area (Å²) in [5.41, 5.74) is 0.0156.